The summed E-state index contributed by atoms with van der Waals surface area (Å²) >= 11 is 0. The van der Waals surface area contributed by atoms with E-state index in [1.807, 2.05) is 0 Å². The fourth-order valence-electron chi connectivity index (χ4n) is 3.67. The maximum Gasteiger partial charge on any atom is 0.416 e. The van der Waals surface area contributed by atoms with Gasteiger partial charge in [-0.05, 0) is 25.0 Å². The van der Waals surface area contributed by atoms with Gasteiger partial charge in [0.1, 0.15) is 5.69 Å². The van der Waals surface area contributed by atoms with Crippen LogP contribution >= 0.6 is 0 Å². The van der Waals surface area contributed by atoms with Gasteiger partial charge in [0.15, 0.2) is 0 Å². The minimum atomic E-state index is -4.44. The molecule has 1 aromatic carbocycles. The van der Waals surface area contributed by atoms with Gasteiger partial charge >= 0.3 is 6.18 Å². The van der Waals surface area contributed by atoms with Crippen molar-refractivity contribution in [2.24, 2.45) is 0 Å². The van der Waals surface area contributed by atoms with Crippen molar-refractivity contribution in [3.05, 3.63) is 72.2 Å². The van der Waals surface area contributed by atoms with Crippen LogP contribution in [0.3, 0.4) is 0 Å². The number of hydrogen-bond acceptors (Lipinski definition) is 5. The largest absolute Gasteiger partial charge is 0.416 e. The van der Waals surface area contributed by atoms with E-state index in [1.54, 1.807) is 11.0 Å². The monoisotopic (exact) mass is 413 g/mol. The van der Waals surface area contributed by atoms with E-state index in [1.165, 1.54) is 37.1 Å². The smallest absolute Gasteiger partial charge is 0.337 e. The molecule has 0 unspecified atom stereocenters. The number of alkyl halides is 3. The second-order valence-corrected chi connectivity index (χ2v) is 7.05. The summed E-state index contributed by atoms with van der Waals surface area (Å²) in [5.74, 6) is -0.366. The Balaban J connectivity index is 1.63. The van der Waals surface area contributed by atoms with Gasteiger partial charge in [0.05, 0.1) is 23.1 Å². The van der Waals surface area contributed by atoms with Crippen molar-refractivity contribution < 1.29 is 18.0 Å². The molecule has 1 aliphatic heterocycles. The summed E-state index contributed by atoms with van der Waals surface area (Å²) in [6.45, 7) is 0.963. The summed E-state index contributed by atoms with van der Waals surface area (Å²) in [6.07, 6.45) is 4.43. The molecule has 1 amide bonds. The number of aromatic nitrogens is 4. The number of carbonyl (C=O) groups is 1. The highest BCUT2D eigenvalue weighted by Gasteiger charge is 2.32. The van der Waals surface area contributed by atoms with Crippen molar-refractivity contribution in [2.45, 2.75) is 24.9 Å². The molecular weight excluding hydrogens is 395 g/mol. The van der Waals surface area contributed by atoms with Crippen LogP contribution < -0.4 is 0 Å². The first-order valence-electron chi connectivity index (χ1n) is 9.47. The van der Waals surface area contributed by atoms with Crippen LogP contribution in [0.5, 0.6) is 0 Å². The van der Waals surface area contributed by atoms with Crippen molar-refractivity contribution in [1.29, 1.82) is 0 Å². The maximum absolute atomic E-state index is 13.1. The minimum Gasteiger partial charge on any atom is -0.337 e. The Labute approximate surface area is 170 Å². The molecule has 0 N–H and O–H groups in total. The molecule has 0 saturated carbocycles. The lowest BCUT2D eigenvalue weighted by atomic mass is 9.91. The van der Waals surface area contributed by atoms with Gasteiger partial charge in [-0.1, -0.05) is 12.1 Å². The molecule has 6 nitrogen and oxygen atoms in total. The average Bonchev–Trinajstić information content (AvgIpc) is 2.79. The van der Waals surface area contributed by atoms with Gasteiger partial charge < -0.3 is 4.90 Å². The van der Waals surface area contributed by atoms with Crippen molar-refractivity contribution in [3.8, 4) is 11.3 Å². The van der Waals surface area contributed by atoms with Gasteiger partial charge in [-0.2, -0.15) is 13.2 Å². The molecule has 0 bridgehead atoms. The quantitative estimate of drug-likeness (QED) is 0.650. The highest BCUT2D eigenvalue weighted by molar-refractivity contribution is 5.92. The molecule has 1 aliphatic rings. The van der Waals surface area contributed by atoms with Crippen LogP contribution in [0, 0.1) is 0 Å². The number of carbonyl (C=O) groups excluding carboxylic acids is 1. The Morgan fingerprint density at radius 1 is 1.07 bits per heavy atom. The lowest BCUT2D eigenvalue weighted by molar-refractivity contribution is -0.137. The molecule has 9 heteroatoms. The summed E-state index contributed by atoms with van der Waals surface area (Å²) in [5, 5.41) is 0. The molecule has 2 aromatic heterocycles. The Hall–Kier alpha value is -3.36. The van der Waals surface area contributed by atoms with E-state index in [9.17, 15) is 18.0 Å². The van der Waals surface area contributed by atoms with Crippen molar-refractivity contribution in [3.63, 3.8) is 0 Å². The van der Waals surface area contributed by atoms with Crippen LogP contribution in [0.2, 0.25) is 0 Å². The van der Waals surface area contributed by atoms with Gasteiger partial charge in [-0.3, -0.25) is 19.7 Å². The number of halogens is 3. The van der Waals surface area contributed by atoms with Crippen LogP contribution in [0.1, 0.15) is 40.5 Å². The normalized spacial score (nSPS) is 17.0. The van der Waals surface area contributed by atoms with Gasteiger partial charge in [0.25, 0.3) is 5.91 Å². The first-order valence-corrected chi connectivity index (χ1v) is 9.47. The fraction of sp³-hybridized carbons (Fsp3) is 0.286. The third-order valence-corrected chi connectivity index (χ3v) is 5.07. The van der Waals surface area contributed by atoms with E-state index in [2.05, 4.69) is 19.9 Å². The van der Waals surface area contributed by atoms with Crippen molar-refractivity contribution in [2.75, 3.05) is 13.1 Å². The number of piperidine rings is 1. The molecule has 1 fully saturated rings. The summed E-state index contributed by atoms with van der Waals surface area (Å²) in [5.41, 5.74) is 0.872. The molecule has 30 heavy (non-hydrogen) atoms. The number of amides is 1. The Kier molecular flexibility index (Phi) is 5.43. The number of rotatable bonds is 3. The topological polar surface area (TPSA) is 71.9 Å². The van der Waals surface area contributed by atoms with Crippen molar-refractivity contribution in [1.82, 2.24) is 24.8 Å². The molecule has 154 valence electrons. The van der Waals surface area contributed by atoms with Crippen LogP contribution in [0.25, 0.3) is 11.3 Å². The molecule has 3 aromatic rings. The Morgan fingerprint density at radius 3 is 2.63 bits per heavy atom. The summed E-state index contributed by atoms with van der Waals surface area (Å²) in [7, 11) is 0. The van der Waals surface area contributed by atoms with Crippen LogP contribution in [-0.2, 0) is 6.18 Å². The molecular formula is C21H18F3N5O. The summed E-state index contributed by atoms with van der Waals surface area (Å²) in [4.78, 5) is 31.2. The molecule has 0 spiro atoms. The van der Waals surface area contributed by atoms with Gasteiger partial charge in [-0.25, -0.2) is 4.98 Å². The molecule has 1 atom stereocenters. The highest BCUT2D eigenvalue weighted by atomic mass is 19.4. The van der Waals surface area contributed by atoms with E-state index in [-0.39, 0.29) is 17.5 Å². The van der Waals surface area contributed by atoms with Gasteiger partial charge in [0, 0.05) is 49.4 Å². The van der Waals surface area contributed by atoms with Crippen LogP contribution in [0.4, 0.5) is 13.2 Å². The number of benzene rings is 1. The van der Waals surface area contributed by atoms with E-state index >= 15 is 0 Å². The summed E-state index contributed by atoms with van der Waals surface area (Å²) in [6, 6.07) is 5.07. The minimum absolute atomic E-state index is 0.141. The average molecular weight is 413 g/mol. The van der Waals surface area contributed by atoms with Gasteiger partial charge in [-0.15, -0.1) is 0 Å². The molecule has 3 heterocycles. The summed E-state index contributed by atoms with van der Waals surface area (Å²) < 4.78 is 39.4. The zero-order valence-electron chi connectivity index (χ0n) is 15.9. The lowest BCUT2D eigenvalue weighted by Gasteiger charge is -2.32. The number of hydrogen-bond donors (Lipinski definition) is 0. The second kappa shape index (κ2) is 8.17. The standard InChI is InChI=1S/C21H18F3N5O/c22-21(23,24)16-5-1-3-14(11-16)18-19(28-9-8-27-18)15-4-2-10-29(13-15)20(30)17-12-25-6-7-26-17/h1,3,5-9,11-12,15H,2,4,10,13H2/t15-/m1/s1. The lowest BCUT2D eigenvalue weighted by Crippen LogP contribution is -2.39. The number of nitrogens with zero attached hydrogens (tertiary/aromatic N) is 5. The highest BCUT2D eigenvalue weighted by Crippen LogP contribution is 2.35. The SMILES string of the molecule is O=C(c1cnccn1)N1CCC[C@@H](c2nccnc2-c2cccc(C(F)(F)F)c2)C1. The zero-order valence-corrected chi connectivity index (χ0v) is 15.9. The second-order valence-electron chi connectivity index (χ2n) is 7.05. The first-order chi connectivity index (χ1) is 14.4. The van der Waals surface area contributed by atoms with E-state index in [4.69, 9.17) is 0 Å². The number of likely N-dealkylation sites (tertiary alicyclic amines) is 1. The van der Waals surface area contributed by atoms with Crippen LogP contribution in [0.15, 0.2) is 55.2 Å². The Morgan fingerprint density at radius 2 is 1.87 bits per heavy atom. The third kappa shape index (κ3) is 4.14. The molecule has 1 saturated heterocycles. The van der Waals surface area contributed by atoms with E-state index in [0.717, 1.165) is 25.0 Å². The van der Waals surface area contributed by atoms with Crippen LogP contribution in [-0.4, -0.2) is 43.8 Å². The van der Waals surface area contributed by atoms with E-state index in [0.29, 0.717) is 30.0 Å². The molecule has 0 aliphatic carbocycles. The molecule has 0 radical (unpaired) electrons. The third-order valence-electron chi connectivity index (χ3n) is 5.07. The predicted octanol–water partition coefficient (Wildman–Crippen LogP) is 3.97. The Bertz CT molecular complexity index is 1040. The van der Waals surface area contributed by atoms with Crippen molar-refractivity contribution >= 4 is 5.91 Å². The molecule has 4 rings (SSSR count). The predicted molar refractivity (Wildman–Crippen MR) is 102 cm³/mol. The fourth-order valence-corrected chi connectivity index (χ4v) is 3.67. The maximum atomic E-state index is 13.1. The first kappa shape index (κ1) is 19.9. The van der Waals surface area contributed by atoms with E-state index < -0.39 is 11.7 Å². The van der Waals surface area contributed by atoms with Gasteiger partial charge in [0.2, 0.25) is 0 Å². The zero-order chi connectivity index (χ0) is 21.1.